The first-order chi connectivity index (χ1) is 8.53. The Kier molecular flexibility index (Phi) is 5.48. The Balaban J connectivity index is 2.38. The Hall–Kier alpha value is -1.72. The average molecular weight is 245 g/mol. The number of nitrogens with zero attached hydrogens (tertiary/aromatic N) is 3. The van der Waals surface area contributed by atoms with Gasteiger partial charge in [-0.1, -0.05) is 30.8 Å². The van der Waals surface area contributed by atoms with Gasteiger partial charge in [0.15, 0.2) is 5.78 Å². The minimum Gasteiger partial charge on any atom is -0.295 e. The van der Waals surface area contributed by atoms with E-state index in [4.69, 9.17) is 5.53 Å². The van der Waals surface area contributed by atoms with Gasteiger partial charge in [0.1, 0.15) is 0 Å². The van der Waals surface area contributed by atoms with Crippen molar-refractivity contribution in [3.63, 3.8) is 0 Å². The van der Waals surface area contributed by atoms with E-state index in [1.54, 1.807) is 6.08 Å². The van der Waals surface area contributed by atoms with Gasteiger partial charge in [0.25, 0.3) is 0 Å². The van der Waals surface area contributed by atoms with Crippen LogP contribution >= 0.6 is 0 Å². The Labute approximate surface area is 108 Å². The lowest BCUT2D eigenvalue weighted by atomic mass is 9.77. The molecule has 0 aromatic rings. The van der Waals surface area contributed by atoms with Crippen LogP contribution in [0.25, 0.3) is 10.4 Å². The Morgan fingerprint density at radius 1 is 1.44 bits per heavy atom. The minimum absolute atomic E-state index is 0.0390. The van der Waals surface area contributed by atoms with Gasteiger partial charge in [-0.25, -0.2) is 0 Å². The highest BCUT2D eigenvalue weighted by Crippen LogP contribution is 2.33. The predicted octanol–water partition coefficient (Wildman–Crippen LogP) is 3.79. The van der Waals surface area contributed by atoms with E-state index in [1.165, 1.54) is 0 Å². The van der Waals surface area contributed by atoms with Gasteiger partial charge >= 0.3 is 0 Å². The monoisotopic (exact) mass is 245 g/mol. The molecule has 4 nitrogen and oxygen atoms in total. The third kappa shape index (κ3) is 5.56. The summed E-state index contributed by atoms with van der Waals surface area (Å²) >= 11 is 0. The molecule has 0 heterocycles. The van der Waals surface area contributed by atoms with Gasteiger partial charge in [0, 0.05) is 29.9 Å². The molecule has 1 aliphatic rings. The number of hydrogen-bond donors (Lipinski definition) is 0. The van der Waals surface area contributed by atoms with Crippen molar-refractivity contribution in [2.24, 2.45) is 10.5 Å². The van der Waals surface area contributed by atoms with Crippen LogP contribution in [-0.2, 0) is 4.79 Å². The van der Waals surface area contributed by atoms with Crippen LogP contribution in [0.4, 0.5) is 0 Å². The second-order valence-electron chi connectivity index (χ2n) is 5.37. The molecule has 0 saturated heterocycles. The first-order valence-electron chi connectivity index (χ1n) is 6.27. The fourth-order valence-corrected chi connectivity index (χ4v) is 2.04. The third-order valence-corrected chi connectivity index (χ3v) is 2.78. The van der Waals surface area contributed by atoms with Gasteiger partial charge < -0.3 is 0 Å². The van der Waals surface area contributed by atoms with Crippen LogP contribution in [0.15, 0.2) is 16.8 Å². The van der Waals surface area contributed by atoms with E-state index in [2.05, 4.69) is 35.7 Å². The summed E-state index contributed by atoms with van der Waals surface area (Å²) < 4.78 is 0. The van der Waals surface area contributed by atoms with E-state index in [0.29, 0.717) is 13.0 Å². The summed E-state index contributed by atoms with van der Waals surface area (Å²) in [5.41, 5.74) is 9.09. The molecular formula is C14H19N3O. The Morgan fingerprint density at radius 2 is 2.22 bits per heavy atom. The average Bonchev–Trinajstić information content (AvgIpc) is 2.25. The zero-order valence-electron chi connectivity index (χ0n) is 11.1. The van der Waals surface area contributed by atoms with Crippen molar-refractivity contribution < 1.29 is 4.79 Å². The lowest BCUT2D eigenvalue weighted by Crippen LogP contribution is -2.21. The minimum atomic E-state index is 0.0390. The second kappa shape index (κ2) is 6.88. The smallest absolute Gasteiger partial charge is 0.157 e. The lowest BCUT2D eigenvalue weighted by molar-refractivity contribution is -0.116. The van der Waals surface area contributed by atoms with Crippen LogP contribution in [0, 0.1) is 17.3 Å². The van der Waals surface area contributed by atoms with Crippen LogP contribution in [-0.4, -0.2) is 12.3 Å². The molecule has 0 saturated carbocycles. The maximum absolute atomic E-state index is 11.5. The summed E-state index contributed by atoms with van der Waals surface area (Å²) in [7, 11) is 0. The summed E-state index contributed by atoms with van der Waals surface area (Å²) in [4.78, 5) is 14.2. The molecule has 18 heavy (non-hydrogen) atoms. The van der Waals surface area contributed by atoms with Crippen molar-refractivity contribution in [3.05, 3.63) is 22.1 Å². The molecule has 0 N–H and O–H groups in total. The van der Waals surface area contributed by atoms with Gasteiger partial charge in [-0.05, 0) is 36.3 Å². The van der Waals surface area contributed by atoms with Gasteiger partial charge in [-0.2, -0.15) is 0 Å². The second-order valence-corrected chi connectivity index (χ2v) is 5.37. The van der Waals surface area contributed by atoms with E-state index in [0.717, 1.165) is 31.3 Å². The molecule has 96 valence electrons. The molecule has 4 heteroatoms. The number of carbonyl (C=O) groups is 1. The van der Waals surface area contributed by atoms with Gasteiger partial charge in [-0.15, -0.1) is 0 Å². The van der Waals surface area contributed by atoms with Crippen molar-refractivity contribution in [2.75, 3.05) is 6.54 Å². The molecule has 0 spiro atoms. The van der Waals surface area contributed by atoms with Crippen molar-refractivity contribution in [3.8, 4) is 11.8 Å². The molecule has 0 aliphatic heterocycles. The summed E-state index contributed by atoms with van der Waals surface area (Å²) in [6.45, 7) is 4.73. The van der Waals surface area contributed by atoms with E-state index in [-0.39, 0.29) is 11.2 Å². The lowest BCUT2D eigenvalue weighted by Gasteiger charge is -2.26. The van der Waals surface area contributed by atoms with Crippen LogP contribution in [0.3, 0.4) is 0 Å². The highest BCUT2D eigenvalue weighted by Gasteiger charge is 2.26. The first-order valence-corrected chi connectivity index (χ1v) is 6.27. The van der Waals surface area contributed by atoms with Crippen LogP contribution in [0.2, 0.25) is 0 Å². The third-order valence-electron chi connectivity index (χ3n) is 2.78. The normalized spacial score (nSPS) is 17.2. The van der Waals surface area contributed by atoms with E-state index in [1.807, 2.05) is 0 Å². The molecule has 0 aromatic heterocycles. The Morgan fingerprint density at radius 3 is 2.89 bits per heavy atom. The zero-order chi connectivity index (χ0) is 13.4. The summed E-state index contributed by atoms with van der Waals surface area (Å²) in [6, 6.07) is 0. The molecule has 0 bridgehead atoms. The number of hydrogen-bond acceptors (Lipinski definition) is 2. The summed E-state index contributed by atoms with van der Waals surface area (Å²) in [5.74, 6) is 6.35. The van der Waals surface area contributed by atoms with Gasteiger partial charge in [-0.3, -0.25) is 4.79 Å². The quantitative estimate of drug-likeness (QED) is 0.244. The molecule has 0 atom stereocenters. The summed E-state index contributed by atoms with van der Waals surface area (Å²) in [5, 5.41) is 3.46. The number of rotatable bonds is 4. The predicted molar refractivity (Wildman–Crippen MR) is 71.7 cm³/mol. The van der Waals surface area contributed by atoms with Crippen molar-refractivity contribution >= 4 is 5.78 Å². The maximum atomic E-state index is 11.5. The molecule has 1 rings (SSSR count). The fraction of sp³-hybridized carbons (Fsp3) is 0.643. The van der Waals surface area contributed by atoms with Gasteiger partial charge in [0.05, 0.1) is 0 Å². The number of carbonyl (C=O) groups excluding carboxylic acids is 1. The van der Waals surface area contributed by atoms with Crippen LogP contribution in [0.1, 0.15) is 46.0 Å². The molecule has 0 radical (unpaired) electrons. The largest absolute Gasteiger partial charge is 0.295 e. The zero-order valence-corrected chi connectivity index (χ0v) is 11.1. The molecule has 0 fully saturated rings. The number of unbranched alkanes of at least 4 members (excludes halogenated alkanes) is 2. The van der Waals surface area contributed by atoms with Crippen LogP contribution in [0.5, 0.6) is 0 Å². The first kappa shape index (κ1) is 14.3. The van der Waals surface area contributed by atoms with Crippen LogP contribution < -0.4 is 0 Å². The van der Waals surface area contributed by atoms with Crippen molar-refractivity contribution in [1.82, 2.24) is 0 Å². The number of azide groups is 1. The Bertz CT molecular complexity index is 445. The molecule has 0 aromatic carbocycles. The van der Waals surface area contributed by atoms with E-state index in [9.17, 15) is 4.79 Å². The standard InChI is InChI=1S/C14H19N3O/c1-14(2)10-12(9-13(18)11-14)7-5-3-4-6-8-16-17-15/h9H,3-4,6,8,10-11H2,1-2H3. The highest BCUT2D eigenvalue weighted by atomic mass is 16.1. The highest BCUT2D eigenvalue weighted by molar-refractivity contribution is 5.92. The van der Waals surface area contributed by atoms with Crippen molar-refractivity contribution in [1.29, 1.82) is 0 Å². The topological polar surface area (TPSA) is 65.8 Å². The number of allylic oxidation sites excluding steroid dienone is 2. The maximum Gasteiger partial charge on any atom is 0.157 e. The van der Waals surface area contributed by atoms with Gasteiger partial charge in [0.2, 0.25) is 0 Å². The molecule has 1 aliphatic carbocycles. The van der Waals surface area contributed by atoms with Crippen molar-refractivity contribution in [2.45, 2.75) is 46.0 Å². The van der Waals surface area contributed by atoms with E-state index < -0.39 is 0 Å². The molecule has 0 unspecified atom stereocenters. The SMILES string of the molecule is CC1(C)CC(=O)C=C(C#CCCCCN=[N+]=[N-])C1. The van der Waals surface area contributed by atoms with E-state index >= 15 is 0 Å². The molecule has 0 amide bonds. The summed E-state index contributed by atoms with van der Waals surface area (Å²) in [6.07, 6.45) is 5.75. The molecular weight excluding hydrogens is 226 g/mol. The number of ketones is 1. The fourth-order valence-electron chi connectivity index (χ4n) is 2.04.